The lowest BCUT2D eigenvalue weighted by Crippen LogP contribution is -2.13. The molecular formula is C19H14F3NO3S. The number of furan rings is 1. The Hall–Kier alpha value is -2.87. The smallest absolute Gasteiger partial charge is 0.387 e. The zero-order chi connectivity index (χ0) is 19.2. The third kappa shape index (κ3) is 5.07. The van der Waals surface area contributed by atoms with Crippen LogP contribution in [0.4, 0.5) is 18.9 Å². The summed E-state index contributed by atoms with van der Waals surface area (Å²) >= 11 is 1.54. The lowest BCUT2D eigenvalue weighted by atomic mass is 10.2. The standard InChI is InChI=1S/C19H14F3NO3S/c20-15-10-13(6-7-16(15)26-19(21)22)23-18(24)17-12(8-9-25-17)11-27-14-4-2-1-3-5-14/h1-10,19H,11H2,(H,23,24). The maximum absolute atomic E-state index is 13.8. The van der Waals surface area contributed by atoms with Crippen LogP contribution >= 0.6 is 11.8 Å². The average molecular weight is 393 g/mol. The molecule has 0 bridgehead atoms. The van der Waals surface area contributed by atoms with Crippen LogP contribution in [0, 0.1) is 5.82 Å². The molecule has 1 N–H and O–H groups in total. The van der Waals surface area contributed by atoms with Crippen LogP contribution < -0.4 is 10.1 Å². The van der Waals surface area contributed by atoms with E-state index in [4.69, 9.17) is 4.42 Å². The molecule has 0 unspecified atom stereocenters. The molecule has 1 aromatic heterocycles. The van der Waals surface area contributed by atoms with Crippen molar-refractivity contribution in [3.05, 3.63) is 78.0 Å². The van der Waals surface area contributed by atoms with E-state index in [2.05, 4.69) is 10.1 Å². The summed E-state index contributed by atoms with van der Waals surface area (Å²) in [6.07, 6.45) is 1.40. The Morgan fingerprint density at radius 1 is 1.15 bits per heavy atom. The van der Waals surface area contributed by atoms with E-state index in [1.165, 1.54) is 24.1 Å². The summed E-state index contributed by atoms with van der Waals surface area (Å²) in [6, 6.07) is 14.5. The van der Waals surface area contributed by atoms with Gasteiger partial charge >= 0.3 is 6.61 Å². The predicted octanol–water partition coefficient (Wildman–Crippen LogP) is 5.56. The number of thioether (sulfide) groups is 1. The van der Waals surface area contributed by atoms with Gasteiger partial charge in [0.25, 0.3) is 5.91 Å². The van der Waals surface area contributed by atoms with Gasteiger partial charge in [0.1, 0.15) is 0 Å². The first kappa shape index (κ1) is 18.9. The Morgan fingerprint density at radius 2 is 1.93 bits per heavy atom. The van der Waals surface area contributed by atoms with Gasteiger partial charge in [-0.1, -0.05) is 18.2 Å². The predicted molar refractivity (Wildman–Crippen MR) is 95.7 cm³/mol. The topological polar surface area (TPSA) is 51.5 Å². The SMILES string of the molecule is O=C(Nc1ccc(OC(F)F)c(F)c1)c1occc1CSc1ccccc1. The van der Waals surface area contributed by atoms with E-state index in [1.54, 1.807) is 6.07 Å². The number of benzene rings is 2. The number of hydrogen-bond donors (Lipinski definition) is 1. The lowest BCUT2D eigenvalue weighted by Gasteiger charge is -2.09. The Labute approximate surface area is 157 Å². The molecule has 0 aliphatic heterocycles. The molecule has 4 nitrogen and oxygen atoms in total. The number of hydrogen-bond acceptors (Lipinski definition) is 4. The summed E-state index contributed by atoms with van der Waals surface area (Å²) in [4.78, 5) is 13.4. The fourth-order valence-electron chi connectivity index (χ4n) is 2.28. The average Bonchev–Trinajstić information content (AvgIpc) is 3.11. The largest absolute Gasteiger partial charge is 0.459 e. The number of carbonyl (C=O) groups is 1. The highest BCUT2D eigenvalue weighted by atomic mass is 32.2. The Balaban J connectivity index is 1.66. The van der Waals surface area contributed by atoms with E-state index in [0.717, 1.165) is 17.0 Å². The number of nitrogens with one attached hydrogen (secondary N) is 1. The van der Waals surface area contributed by atoms with Crippen LogP contribution in [0.3, 0.4) is 0 Å². The van der Waals surface area contributed by atoms with Crippen LogP contribution in [0.5, 0.6) is 5.75 Å². The molecule has 2 aromatic carbocycles. The molecule has 0 aliphatic carbocycles. The van der Waals surface area contributed by atoms with E-state index in [1.807, 2.05) is 30.3 Å². The maximum atomic E-state index is 13.8. The van der Waals surface area contributed by atoms with Gasteiger partial charge in [0.15, 0.2) is 17.3 Å². The number of halogens is 3. The van der Waals surface area contributed by atoms with Crippen LogP contribution in [0.2, 0.25) is 0 Å². The van der Waals surface area contributed by atoms with E-state index >= 15 is 0 Å². The van der Waals surface area contributed by atoms with Crippen LogP contribution in [-0.4, -0.2) is 12.5 Å². The number of rotatable bonds is 7. The molecule has 140 valence electrons. The second kappa shape index (κ2) is 8.68. The zero-order valence-electron chi connectivity index (χ0n) is 13.8. The van der Waals surface area contributed by atoms with Crippen LogP contribution in [0.1, 0.15) is 16.1 Å². The summed E-state index contributed by atoms with van der Waals surface area (Å²) < 4.78 is 47.4. The van der Waals surface area contributed by atoms with Gasteiger partial charge in [-0.15, -0.1) is 11.8 Å². The molecule has 27 heavy (non-hydrogen) atoms. The molecule has 1 amide bonds. The van der Waals surface area contributed by atoms with Gasteiger partial charge in [-0.3, -0.25) is 4.79 Å². The zero-order valence-corrected chi connectivity index (χ0v) is 14.6. The minimum atomic E-state index is -3.13. The Bertz CT molecular complexity index is 916. The molecular weight excluding hydrogens is 379 g/mol. The Kier molecular flexibility index (Phi) is 6.08. The van der Waals surface area contributed by atoms with Gasteiger partial charge < -0.3 is 14.5 Å². The van der Waals surface area contributed by atoms with E-state index in [0.29, 0.717) is 11.3 Å². The molecule has 0 atom stereocenters. The highest BCUT2D eigenvalue weighted by molar-refractivity contribution is 7.98. The summed E-state index contributed by atoms with van der Waals surface area (Å²) in [5.41, 5.74) is 0.775. The van der Waals surface area contributed by atoms with Gasteiger partial charge in [0, 0.05) is 28.0 Å². The van der Waals surface area contributed by atoms with Gasteiger partial charge in [-0.05, 0) is 30.3 Å². The summed E-state index contributed by atoms with van der Waals surface area (Å²) in [5.74, 6) is -1.55. The maximum Gasteiger partial charge on any atom is 0.387 e. The molecule has 1 heterocycles. The molecule has 0 fully saturated rings. The van der Waals surface area contributed by atoms with Crippen LogP contribution in [0.15, 0.2) is 70.2 Å². The van der Waals surface area contributed by atoms with E-state index in [-0.39, 0.29) is 11.4 Å². The first-order chi connectivity index (χ1) is 13.0. The Morgan fingerprint density at radius 3 is 2.63 bits per heavy atom. The molecule has 0 aliphatic rings. The first-order valence-electron chi connectivity index (χ1n) is 7.83. The number of ether oxygens (including phenoxy) is 1. The molecule has 0 spiro atoms. The van der Waals surface area contributed by atoms with Crippen molar-refractivity contribution < 1.29 is 27.1 Å². The monoisotopic (exact) mass is 393 g/mol. The highest BCUT2D eigenvalue weighted by Gasteiger charge is 2.17. The second-order valence-electron chi connectivity index (χ2n) is 5.35. The van der Waals surface area contributed by atoms with Crippen molar-refractivity contribution in [2.75, 3.05) is 5.32 Å². The van der Waals surface area contributed by atoms with Crippen molar-refractivity contribution in [3.63, 3.8) is 0 Å². The molecule has 0 saturated heterocycles. The lowest BCUT2D eigenvalue weighted by molar-refractivity contribution is -0.0521. The van der Waals surface area contributed by atoms with Crippen molar-refractivity contribution >= 4 is 23.4 Å². The molecule has 3 aromatic rings. The summed E-state index contributed by atoms with van der Waals surface area (Å²) in [6.45, 7) is -3.13. The third-order valence-electron chi connectivity index (χ3n) is 3.50. The molecule has 8 heteroatoms. The van der Waals surface area contributed by atoms with Crippen molar-refractivity contribution in [1.82, 2.24) is 0 Å². The fraction of sp³-hybridized carbons (Fsp3) is 0.105. The minimum absolute atomic E-state index is 0.0946. The van der Waals surface area contributed by atoms with Gasteiger partial charge in [0.05, 0.1) is 6.26 Å². The number of carbonyl (C=O) groups excluding carboxylic acids is 1. The number of alkyl halides is 2. The quantitative estimate of drug-likeness (QED) is 0.534. The summed E-state index contributed by atoms with van der Waals surface area (Å²) in [5, 5.41) is 2.48. The van der Waals surface area contributed by atoms with E-state index in [9.17, 15) is 18.0 Å². The van der Waals surface area contributed by atoms with Crippen molar-refractivity contribution in [2.45, 2.75) is 17.3 Å². The first-order valence-corrected chi connectivity index (χ1v) is 8.81. The molecule has 3 rings (SSSR count). The normalized spacial score (nSPS) is 10.8. The van der Waals surface area contributed by atoms with Crippen molar-refractivity contribution in [3.8, 4) is 5.75 Å². The van der Waals surface area contributed by atoms with Crippen LogP contribution in [-0.2, 0) is 5.75 Å². The third-order valence-corrected chi connectivity index (χ3v) is 4.56. The minimum Gasteiger partial charge on any atom is -0.459 e. The van der Waals surface area contributed by atoms with Gasteiger partial charge in [0.2, 0.25) is 0 Å². The second-order valence-corrected chi connectivity index (χ2v) is 6.40. The number of amides is 1. The highest BCUT2D eigenvalue weighted by Crippen LogP contribution is 2.26. The van der Waals surface area contributed by atoms with Gasteiger partial charge in [-0.25, -0.2) is 4.39 Å². The van der Waals surface area contributed by atoms with Crippen molar-refractivity contribution in [2.24, 2.45) is 0 Å². The summed E-state index contributed by atoms with van der Waals surface area (Å²) in [7, 11) is 0. The van der Waals surface area contributed by atoms with Gasteiger partial charge in [-0.2, -0.15) is 8.78 Å². The number of anilines is 1. The fourth-order valence-corrected chi connectivity index (χ4v) is 3.18. The molecule has 0 saturated carbocycles. The van der Waals surface area contributed by atoms with Crippen LogP contribution in [0.25, 0.3) is 0 Å². The molecule has 0 radical (unpaired) electrons. The van der Waals surface area contributed by atoms with Crippen molar-refractivity contribution in [1.29, 1.82) is 0 Å². The van der Waals surface area contributed by atoms with E-state index < -0.39 is 24.1 Å².